The van der Waals surface area contributed by atoms with E-state index in [0.29, 0.717) is 0 Å². The second-order valence-corrected chi connectivity index (χ2v) is 4.18. The highest BCUT2D eigenvalue weighted by Crippen LogP contribution is 1.85. The average Bonchev–Trinajstić information content (AvgIpc) is 2.51. The van der Waals surface area contributed by atoms with Gasteiger partial charge in [-0.3, -0.25) is 4.18 Å². The molecule has 0 aromatic carbocycles. The number of aryl methyl sites for hydroxylation is 2. The van der Waals surface area contributed by atoms with Gasteiger partial charge in [-0.2, -0.15) is 0 Å². The van der Waals surface area contributed by atoms with Crippen molar-refractivity contribution in [3.63, 3.8) is 0 Å². The van der Waals surface area contributed by atoms with Crippen molar-refractivity contribution in [2.45, 2.75) is 26.8 Å². The van der Waals surface area contributed by atoms with Gasteiger partial charge in [-0.25, -0.2) is 17.6 Å². The Morgan fingerprint density at radius 3 is 2.31 bits per heavy atom. The largest absolute Gasteiger partial charge is 0.726 e. The van der Waals surface area contributed by atoms with Crippen LogP contribution in [0.2, 0.25) is 0 Å². The van der Waals surface area contributed by atoms with Crippen molar-refractivity contribution in [1.29, 1.82) is 0 Å². The molecule has 0 radical (unpaired) electrons. The van der Waals surface area contributed by atoms with Crippen LogP contribution in [0.4, 0.5) is 0 Å². The highest BCUT2D eigenvalue weighted by molar-refractivity contribution is 7.80. The third kappa shape index (κ3) is 8.39. The molecule has 1 rings (SSSR count). The van der Waals surface area contributed by atoms with Crippen LogP contribution in [-0.2, 0) is 28.2 Å². The van der Waals surface area contributed by atoms with Gasteiger partial charge in [0, 0.05) is 0 Å². The molecule has 6 nitrogen and oxygen atoms in total. The monoisotopic (exact) mass is 250 g/mol. The quantitative estimate of drug-likeness (QED) is 0.435. The molecule has 0 saturated heterocycles. The first kappa shape index (κ1) is 15.1. The van der Waals surface area contributed by atoms with Crippen LogP contribution in [0.15, 0.2) is 18.7 Å². The van der Waals surface area contributed by atoms with Crippen LogP contribution in [0.1, 0.15) is 20.3 Å². The number of hydrogen-bond acceptors (Lipinski definition) is 4. The smallest absolute Gasteiger partial charge is 0.243 e. The van der Waals surface area contributed by atoms with E-state index < -0.39 is 10.4 Å². The van der Waals surface area contributed by atoms with Crippen LogP contribution in [0.5, 0.6) is 0 Å². The predicted molar refractivity (Wildman–Crippen MR) is 57.2 cm³/mol. The van der Waals surface area contributed by atoms with Crippen LogP contribution in [-0.4, -0.2) is 24.1 Å². The van der Waals surface area contributed by atoms with Gasteiger partial charge >= 0.3 is 0 Å². The molecule has 16 heavy (non-hydrogen) atoms. The van der Waals surface area contributed by atoms with Crippen molar-refractivity contribution in [2.24, 2.45) is 7.05 Å². The molecule has 7 heteroatoms. The first-order chi connectivity index (χ1) is 7.39. The summed E-state index contributed by atoms with van der Waals surface area (Å²) >= 11 is 0. The Labute approximate surface area is 96.4 Å². The zero-order chi connectivity index (χ0) is 12.6. The highest BCUT2D eigenvalue weighted by atomic mass is 32.3. The van der Waals surface area contributed by atoms with Crippen molar-refractivity contribution >= 4 is 10.4 Å². The molecule has 0 fully saturated rings. The summed E-state index contributed by atoms with van der Waals surface area (Å²) in [5.41, 5.74) is 0. The summed E-state index contributed by atoms with van der Waals surface area (Å²) in [7, 11) is -2.39. The topological polar surface area (TPSA) is 75.2 Å². The van der Waals surface area contributed by atoms with E-state index in [1.165, 1.54) is 13.3 Å². The molecule has 0 unspecified atom stereocenters. The third-order valence-corrected chi connectivity index (χ3v) is 2.09. The Bertz CT molecular complexity index is 386. The van der Waals surface area contributed by atoms with Crippen molar-refractivity contribution in [1.82, 2.24) is 4.57 Å². The molecule has 0 N–H and O–H groups in total. The zero-order valence-corrected chi connectivity index (χ0v) is 10.6. The van der Waals surface area contributed by atoms with E-state index >= 15 is 0 Å². The van der Waals surface area contributed by atoms with Crippen molar-refractivity contribution in [3.8, 4) is 0 Å². The highest BCUT2D eigenvalue weighted by Gasteiger charge is 1.94. The van der Waals surface area contributed by atoms with E-state index in [0.717, 1.165) is 6.54 Å². The third-order valence-electron chi connectivity index (χ3n) is 1.57. The molecule has 0 atom stereocenters. The number of hydrogen-bond donors (Lipinski definition) is 0. The average molecular weight is 250 g/mol. The minimum absolute atomic E-state index is 0.0914. The van der Waals surface area contributed by atoms with Crippen LogP contribution in [0.3, 0.4) is 0 Å². The Balaban J connectivity index is 0.000000293. The normalized spacial score (nSPS) is 10.8. The fourth-order valence-corrected chi connectivity index (χ4v) is 1.33. The minimum atomic E-state index is -4.42. The molecule has 1 heterocycles. The predicted octanol–water partition coefficient (Wildman–Crippen LogP) is 0.206. The summed E-state index contributed by atoms with van der Waals surface area (Å²) in [6, 6.07) is 0. The molecule has 0 aliphatic heterocycles. The van der Waals surface area contributed by atoms with Crippen LogP contribution in [0, 0.1) is 0 Å². The Morgan fingerprint density at radius 2 is 2.06 bits per heavy atom. The van der Waals surface area contributed by atoms with Gasteiger partial charge in [0.2, 0.25) is 16.7 Å². The fraction of sp³-hybridized carbons (Fsp3) is 0.667. The van der Waals surface area contributed by atoms with E-state index in [4.69, 9.17) is 0 Å². The maximum Gasteiger partial charge on any atom is 0.243 e. The molecule has 0 bridgehead atoms. The number of imidazole rings is 1. The van der Waals surface area contributed by atoms with E-state index in [1.807, 2.05) is 7.05 Å². The van der Waals surface area contributed by atoms with Crippen LogP contribution < -0.4 is 4.57 Å². The summed E-state index contributed by atoms with van der Waals surface area (Å²) < 4.78 is 36.2. The Morgan fingerprint density at radius 1 is 1.44 bits per heavy atom. The SMILES string of the molecule is CCCn1cc[n+](C)c1.CCOS(=O)(=O)[O-]. The van der Waals surface area contributed by atoms with E-state index in [2.05, 4.69) is 39.0 Å². The summed E-state index contributed by atoms with van der Waals surface area (Å²) in [6.45, 7) is 4.64. The molecule has 94 valence electrons. The van der Waals surface area contributed by atoms with E-state index in [-0.39, 0.29) is 6.61 Å². The molecule has 0 saturated carbocycles. The second-order valence-electron chi connectivity index (χ2n) is 3.13. The van der Waals surface area contributed by atoms with Gasteiger partial charge in [-0.1, -0.05) is 6.92 Å². The standard InChI is InChI=1S/C7H13N2.C2H6O4S/c1-3-4-9-6-5-8(2)7-9;1-2-6-7(3,4)5/h5-7H,3-4H2,1-2H3;2H2,1H3,(H,3,4,5)/q+1;/p-1. The molecule has 0 aliphatic rings. The lowest BCUT2D eigenvalue weighted by Gasteiger charge is -2.02. The molecule has 0 amide bonds. The molecule has 1 aromatic rings. The number of rotatable bonds is 4. The van der Waals surface area contributed by atoms with Gasteiger partial charge in [-0.15, -0.1) is 0 Å². The van der Waals surface area contributed by atoms with Gasteiger partial charge in [-0.05, 0) is 13.3 Å². The van der Waals surface area contributed by atoms with Crippen molar-refractivity contribution in [3.05, 3.63) is 18.7 Å². The molecule has 1 aromatic heterocycles. The van der Waals surface area contributed by atoms with Gasteiger partial charge in [0.25, 0.3) is 0 Å². The minimum Gasteiger partial charge on any atom is -0.726 e. The van der Waals surface area contributed by atoms with Crippen molar-refractivity contribution < 1.29 is 21.7 Å². The van der Waals surface area contributed by atoms with Crippen LogP contribution >= 0.6 is 0 Å². The lowest BCUT2D eigenvalue weighted by atomic mass is 10.5. The zero-order valence-electron chi connectivity index (χ0n) is 9.79. The molecule has 0 spiro atoms. The summed E-state index contributed by atoms with van der Waals surface area (Å²) in [5, 5.41) is 0. The van der Waals surface area contributed by atoms with Gasteiger partial charge in [0.1, 0.15) is 12.4 Å². The van der Waals surface area contributed by atoms with E-state index in [9.17, 15) is 13.0 Å². The molecule has 0 aliphatic carbocycles. The Kier molecular flexibility index (Phi) is 6.95. The fourth-order valence-electron chi connectivity index (χ4n) is 1.04. The van der Waals surface area contributed by atoms with E-state index in [1.54, 1.807) is 0 Å². The van der Waals surface area contributed by atoms with Gasteiger partial charge < -0.3 is 4.55 Å². The summed E-state index contributed by atoms with van der Waals surface area (Å²) in [6.07, 6.45) is 7.43. The van der Waals surface area contributed by atoms with Gasteiger partial charge in [0.15, 0.2) is 0 Å². The van der Waals surface area contributed by atoms with Gasteiger partial charge in [0.05, 0.1) is 20.2 Å². The second kappa shape index (κ2) is 7.37. The molecular formula is C9H18N2O4S. The Hall–Kier alpha value is -0.920. The molecular weight excluding hydrogens is 232 g/mol. The summed E-state index contributed by atoms with van der Waals surface area (Å²) in [4.78, 5) is 0. The maximum atomic E-state index is 9.45. The first-order valence-corrected chi connectivity index (χ1v) is 6.33. The lowest BCUT2D eigenvalue weighted by Crippen LogP contribution is -2.23. The summed E-state index contributed by atoms with van der Waals surface area (Å²) in [5.74, 6) is 0. The number of nitrogens with zero attached hydrogens (tertiary/aromatic N) is 2. The van der Waals surface area contributed by atoms with Crippen LogP contribution in [0.25, 0.3) is 0 Å². The lowest BCUT2D eigenvalue weighted by molar-refractivity contribution is -0.671. The van der Waals surface area contributed by atoms with Crippen molar-refractivity contribution in [2.75, 3.05) is 6.61 Å². The first-order valence-electron chi connectivity index (χ1n) is 5.00. The number of aromatic nitrogens is 2. The maximum absolute atomic E-state index is 9.45.